The Balaban J connectivity index is 2.22. The standard InChI is InChI=1S/C18H20ClNO2/c1-4-10-22-17-9-8-14(11-18(17)21-3)12-20-16-7-5-6-15(19)13(16)2/h5-9,11-12H,4,10H2,1-3H3. The molecule has 0 aromatic heterocycles. The summed E-state index contributed by atoms with van der Waals surface area (Å²) in [5, 5.41) is 0.718. The average Bonchev–Trinajstić information content (AvgIpc) is 2.54. The zero-order valence-corrected chi connectivity index (χ0v) is 13.9. The monoisotopic (exact) mass is 317 g/mol. The molecule has 0 saturated carbocycles. The fourth-order valence-corrected chi connectivity index (χ4v) is 2.15. The number of halogens is 1. The highest BCUT2D eigenvalue weighted by Crippen LogP contribution is 2.29. The molecule has 0 N–H and O–H groups in total. The zero-order valence-electron chi connectivity index (χ0n) is 13.1. The number of hydrogen-bond donors (Lipinski definition) is 0. The molecular formula is C18H20ClNO2. The van der Waals surface area contributed by atoms with Gasteiger partial charge < -0.3 is 9.47 Å². The van der Waals surface area contributed by atoms with Gasteiger partial charge >= 0.3 is 0 Å². The van der Waals surface area contributed by atoms with Crippen molar-refractivity contribution in [3.63, 3.8) is 0 Å². The van der Waals surface area contributed by atoms with Crippen LogP contribution in [0, 0.1) is 6.92 Å². The van der Waals surface area contributed by atoms with Crippen molar-refractivity contribution in [2.24, 2.45) is 4.99 Å². The molecule has 0 saturated heterocycles. The Morgan fingerprint density at radius 1 is 1.18 bits per heavy atom. The highest BCUT2D eigenvalue weighted by atomic mass is 35.5. The SMILES string of the molecule is CCCOc1ccc(C=Nc2cccc(Cl)c2C)cc1OC. The van der Waals surface area contributed by atoms with Gasteiger partial charge in [-0.05, 0) is 54.8 Å². The van der Waals surface area contributed by atoms with E-state index in [0.717, 1.165) is 34.0 Å². The minimum atomic E-state index is 0.672. The van der Waals surface area contributed by atoms with Crippen molar-refractivity contribution >= 4 is 23.5 Å². The number of aliphatic imine (C=N–C) groups is 1. The van der Waals surface area contributed by atoms with Gasteiger partial charge in [0, 0.05) is 11.2 Å². The maximum Gasteiger partial charge on any atom is 0.161 e. The van der Waals surface area contributed by atoms with Gasteiger partial charge in [-0.1, -0.05) is 24.6 Å². The number of rotatable bonds is 6. The third-order valence-corrected chi connectivity index (χ3v) is 3.65. The van der Waals surface area contributed by atoms with Gasteiger partial charge in [0.1, 0.15) is 0 Å². The number of nitrogens with zero attached hydrogens (tertiary/aromatic N) is 1. The number of ether oxygens (including phenoxy) is 2. The van der Waals surface area contributed by atoms with Crippen molar-refractivity contribution in [1.29, 1.82) is 0 Å². The van der Waals surface area contributed by atoms with Crippen molar-refractivity contribution in [1.82, 2.24) is 0 Å². The minimum absolute atomic E-state index is 0.672. The largest absolute Gasteiger partial charge is 0.493 e. The zero-order chi connectivity index (χ0) is 15.9. The van der Waals surface area contributed by atoms with E-state index >= 15 is 0 Å². The van der Waals surface area contributed by atoms with Gasteiger partial charge in [0.15, 0.2) is 11.5 Å². The van der Waals surface area contributed by atoms with Gasteiger partial charge in [-0.3, -0.25) is 4.99 Å². The molecule has 0 amide bonds. The van der Waals surface area contributed by atoms with Crippen molar-refractivity contribution in [2.45, 2.75) is 20.3 Å². The molecule has 0 aliphatic heterocycles. The van der Waals surface area contributed by atoms with Crippen molar-refractivity contribution in [3.05, 3.63) is 52.5 Å². The van der Waals surface area contributed by atoms with Gasteiger partial charge in [0.25, 0.3) is 0 Å². The van der Waals surface area contributed by atoms with Crippen LogP contribution >= 0.6 is 11.6 Å². The van der Waals surface area contributed by atoms with Crippen LogP contribution in [0.15, 0.2) is 41.4 Å². The molecular weight excluding hydrogens is 298 g/mol. The first-order valence-electron chi connectivity index (χ1n) is 7.25. The van der Waals surface area contributed by atoms with E-state index in [-0.39, 0.29) is 0 Å². The average molecular weight is 318 g/mol. The van der Waals surface area contributed by atoms with Gasteiger partial charge in [-0.25, -0.2) is 0 Å². The van der Waals surface area contributed by atoms with Crippen LogP contribution in [0.2, 0.25) is 5.02 Å². The lowest BCUT2D eigenvalue weighted by Gasteiger charge is -2.10. The summed E-state index contributed by atoms with van der Waals surface area (Å²) in [6.45, 7) is 4.70. The number of methoxy groups -OCH3 is 1. The molecule has 0 atom stereocenters. The third kappa shape index (κ3) is 4.01. The fourth-order valence-electron chi connectivity index (χ4n) is 1.98. The molecule has 0 fully saturated rings. The quantitative estimate of drug-likeness (QED) is 0.686. The first kappa shape index (κ1) is 16.4. The Bertz CT molecular complexity index is 668. The molecule has 2 rings (SSSR count). The van der Waals surface area contributed by atoms with E-state index in [1.54, 1.807) is 13.3 Å². The van der Waals surface area contributed by atoms with E-state index in [1.807, 2.05) is 43.3 Å². The summed E-state index contributed by atoms with van der Waals surface area (Å²) < 4.78 is 11.0. The van der Waals surface area contributed by atoms with Crippen LogP contribution in [0.5, 0.6) is 11.5 Å². The minimum Gasteiger partial charge on any atom is -0.493 e. The molecule has 0 radical (unpaired) electrons. The van der Waals surface area contributed by atoms with Crippen LogP contribution in [0.4, 0.5) is 5.69 Å². The molecule has 0 aliphatic rings. The summed E-state index contributed by atoms with van der Waals surface area (Å²) in [5.74, 6) is 1.46. The third-order valence-electron chi connectivity index (χ3n) is 3.24. The second-order valence-electron chi connectivity index (χ2n) is 4.90. The predicted molar refractivity (Wildman–Crippen MR) is 92.2 cm³/mol. The Labute approximate surface area is 136 Å². The van der Waals surface area contributed by atoms with Crippen LogP contribution in [0.25, 0.3) is 0 Å². The summed E-state index contributed by atoms with van der Waals surface area (Å²) >= 11 is 6.10. The highest BCUT2D eigenvalue weighted by Gasteiger charge is 2.05. The van der Waals surface area contributed by atoms with Crippen molar-refractivity contribution in [2.75, 3.05) is 13.7 Å². The fraction of sp³-hybridized carbons (Fsp3) is 0.278. The molecule has 0 aliphatic carbocycles. The van der Waals surface area contributed by atoms with E-state index in [1.165, 1.54) is 0 Å². The van der Waals surface area contributed by atoms with E-state index in [9.17, 15) is 0 Å². The van der Waals surface area contributed by atoms with Crippen LogP contribution in [-0.4, -0.2) is 19.9 Å². The normalized spacial score (nSPS) is 10.9. The van der Waals surface area contributed by atoms with E-state index in [4.69, 9.17) is 21.1 Å². The lowest BCUT2D eigenvalue weighted by Crippen LogP contribution is -1.98. The molecule has 4 heteroatoms. The predicted octanol–water partition coefficient (Wildman–Crippen LogP) is 5.20. The molecule has 2 aromatic rings. The summed E-state index contributed by atoms with van der Waals surface area (Å²) in [4.78, 5) is 4.50. The molecule has 0 unspecified atom stereocenters. The second-order valence-corrected chi connectivity index (χ2v) is 5.31. The van der Waals surface area contributed by atoms with Crippen molar-refractivity contribution < 1.29 is 9.47 Å². The van der Waals surface area contributed by atoms with Gasteiger partial charge in [0.05, 0.1) is 19.4 Å². The van der Waals surface area contributed by atoms with E-state index in [0.29, 0.717) is 12.4 Å². The van der Waals surface area contributed by atoms with Gasteiger partial charge in [-0.15, -0.1) is 0 Å². The second kappa shape index (κ2) is 7.85. The van der Waals surface area contributed by atoms with Gasteiger partial charge in [-0.2, -0.15) is 0 Å². The summed E-state index contributed by atoms with van der Waals surface area (Å²) in [6, 6.07) is 11.5. The van der Waals surface area contributed by atoms with Crippen molar-refractivity contribution in [3.8, 4) is 11.5 Å². The van der Waals surface area contributed by atoms with Crippen LogP contribution in [0.3, 0.4) is 0 Å². The smallest absolute Gasteiger partial charge is 0.161 e. The Kier molecular flexibility index (Phi) is 5.84. The molecule has 0 heterocycles. The maximum absolute atomic E-state index is 6.10. The van der Waals surface area contributed by atoms with Gasteiger partial charge in [0.2, 0.25) is 0 Å². The van der Waals surface area contributed by atoms with Crippen LogP contribution in [0.1, 0.15) is 24.5 Å². The molecule has 0 bridgehead atoms. The van der Waals surface area contributed by atoms with E-state index in [2.05, 4.69) is 11.9 Å². The molecule has 3 nitrogen and oxygen atoms in total. The molecule has 22 heavy (non-hydrogen) atoms. The number of hydrogen-bond acceptors (Lipinski definition) is 3. The summed E-state index contributed by atoms with van der Waals surface area (Å²) in [5.41, 5.74) is 2.77. The highest BCUT2D eigenvalue weighted by molar-refractivity contribution is 6.31. The lowest BCUT2D eigenvalue weighted by atomic mass is 10.2. The van der Waals surface area contributed by atoms with Crippen LogP contribution in [-0.2, 0) is 0 Å². The van der Waals surface area contributed by atoms with Crippen LogP contribution < -0.4 is 9.47 Å². The molecule has 0 spiro atoms. The topological polar surface area (TPSA) is 30.8 Å². The lowest BCUT2D eigenvalue weighted by molar-refractivity contribution is 0.294. The number of benzene rings is 2. The Hall–Kier alpha value is -2.00. The molecule has 2 aromatic carbocycles. The Morgan fingerprint density at radius 3 is 2.73 bits per heavy atom. The first-order chi connectivity index (χ1) is 10.7. The van der Waals surface area contributed by atoms with E-state index < -0.39 is 0 Å². The first-order valence-corrected chi connectivity index (χ1v) is 7.63. The maximum atomic E-state index is 6.10. The summed E-state index contributed by atoms with van der Waals surface area (Å²) in [7, 11) is 1.64. The Morgan fingerprint density at radius 2 is 2.00 bits per heavy atom. The summed E-state index contributed by atoms with van der Waals surface area (Å²) in [6.07, 6.45) is 2.76. The molecule has 116 valence electrons.